The van der Waals surface area contributed by atoms with Gasteiger partial charge in [-0.2, -0.15) is 0 Å². The van der Waals surface area contributed by atoms with Crippen LogP contribution in [0.15, 0.2) is 47.4 Å². The molecule has 0 atom stereocenters. The van der Waals surface area contributed by atoms with Gasteiger partial charge < -0.3 is 5.32 Å². The molecule has 0 unspecified atom stereocenters. The zero-order valence-electron chi connectivity index (χ0n) is 14.3. The van der Waals surface area contributed by atoms with Gasteiger partial charge in [-0.25, -0.2) is 17.5 Å². The molecule has 0 aromatic heterocycles. The van der Waals surface area contributed by atoms with Crippen LogP contribution in [0.3, 0.4) is 0 Å². The van der Waals surface area contributed by atoms with E-state index in [4.69, 9.17) is 0 Å². The average Bonchev–Trinajstić information content (AvgIpc) is 2.62. The van der Waals surface area contributed by atoms with E-state index in [1.54, 1.807) is 0 Å². The first-order chi connectivity index (χ1) is 12.5. The standard InChI is InChI=1S/C19H21FN2O3S/c20-15-8-10-16(11-9-15)26(24,25)21-13-12-19(23)22-18-7-3-5-14-4-1-2-6-17(14)18/h3,5,7-11,21H,1-2,4,6,12-13H2,(H,22,23). The van der Waals surface area contributed by atoms with Crippen LogP contribution in [0, 0.1) is 5.82 Å². The number of carbonyl (C=O) groups excluding carboxylic acids is 1. The number of amides is 1. The van der Waals surface area contributed by atoms with E-state index >= 15 is 0 Å². The first kappa shape index (κ1) is 18.5. The fraction of sp³-hybridized carbons (Fsp3) is 0.316. The predicted octanol–water partition coefficient (Wildman–Crippen LogP) is 3.01. The van der Waals surface area contributed by atoms with Gasteiger partial charge in [-0.15, -0.1) is 0 Å². The number of aryl methyl sites for hydroxylation is 1. The Morgan fingerprint density at radius 2 is 1.77 bits per heavy atom. The third-order valence-corrected chi connectivity index (χ3v) is 5.92. The van der Waals surface area contributed by atoms with Gasteiger partial charge in [0.05, 0.1) is 4.90 Å². The molecule has 2 aromatic carbocycles. The minimum absolute atomic E-state index is 0.0179. The first-order valence-electron chi connectivity index (χ1n) is 8.61. The highest BCUT2D eigenvalue weighted by Crippen LogP contribution is 2.27. The number of fused-ring (bicyclic) bond motifs is 1. The van der Waals surface area contributed by atoms with Crippen LogP contribution in [-0.4, -0.2) is 20.9 Å². The van der Waals surface area contributed by atoms with Crippen LogP contribution in [0.2, 0.25) is 0 Å². The summed E-state index contributed by atoms with van der Waals surface area (Å²) in [7, 11) is -3.76. The molecule has 7 heteroatoms. The quantitative estimate of drug-likeness (QED) is 0.814. The highest BCUT2D eigenvalue weighted by molar-refractivity contribution is 7.89. The molecular weight excluding hydrogens is 355 g/mol. The topological polar surface area (TPSA) is 75.3 Å². The second-order valence-electron chi connectivity index (χ2n) is 6.30. The van der Waals surface area contributed by atoms with Crippen LogP contribution in [0.4, 0.5) is 10.1 Å². The molecule has 138 valence electrons. The molecule has 2 aromatic rings. The fourth-order valence-electron chi connectivity index (χ4n) is 3.11. The van der Waals surface area contributed by atoms with Gasteiger partial charge in [0.1, 0.15) is 5.82 Å². The van der Waals surface area contributed by atoms with Gasteiger partial charge in [-0.05, 0) is 67.1 Å². The van der Waals surface area contributed by atoms with E-state index in [0.717, 1.165) is 43.5 Å². The molecule has 0 heterocycles. The minimum atomic E-state index is -3.76. The second kappa shape index (κ2) is 7.97. The smallest absolute Gasteiger partial charge is 0.240 e. The van der Waals surface area contributed by atoms with Crippen molar-refractivity contribution >= 4 is 21.6 Å². The lowest BCUT2D eigenvalue weighted by molar-refractivity contribution is -0.116. The second-order valence-corrected chi connectivity index (χ2v) is 8.07. The summed E-state index contributed by atoms with van der Waals surface area (Å²) >= 11 is 0. The molecule has 0 radical (unpaired) electrons. The van der Waals surface area contributed by atoms with Crippen LogP contribution in [0.5, 0.6) is 0 Å². The molecule has 0 saturated heterocycles. The molecule has 3 rings (SSSR count). The van der Waals surface area contributed by atoms with Gasteiger partial charge in [0, 0.05) is 18.7 Å². The van der Waals surface area contributed by atoms with Crippen LogP contribution >= 0.6 is 0 Å². The molecule has 0 fully saturated rings. The predicted molar refractivity (Wildman–Crippen MR) is 97.9 cm³/mol. The van der Waals surface area contributed by atoms with Crippen molar-refractivity contribution in [3.63, 3.8) is 0 Å². The van der Waals surface area contributed by atoms with Gasteiger partial charge in [0.25, 0.3) is 0 Å². The number of anilines is 1. The number of halogens is 1. The van der Waals surface area contributed by atoms with Crippen LogP contribution in [-0.2, 0) is 27.7 Å². The van der Waals surface area contributed by atoms with E-state index in [1.807, 2.05) is 12.1 Å². The summed E-state index contributed by atoms with van der Waals surface area (Å²) < 4.78 is 39.5. The maximum atomic E-state index is 12.9. The Hall–Kier alpha value is -2.25. The number of hydrogen-bond acceptors (Lipinski definition) is 3. The highest BCUT2D eigenvalue weighted by atomic mass is 32.2. The van der Waals surface area contributed by atoms with E-state index in [-0.39, 0.29) is 23.8 Å². The molecule has 5 nitrogen and oxygen atoms in total. The Labute approximate surface area is 152 Å². The maximum Gasteiger partial charge on any atom is 0.240 e. The summed E-state index contributed by atoms with van der Waals surface area (Å²) in [6, 6.07) is 10.4. The summed E-state index contributed by atoms with van der Waals surface area (Å²) in [5, 5.41) is 2.88. The number of benzene rings is 2. The summed E-state index contributed by atoms with van der Waals surface area (Å²) in [4.78, 5) is 12.1. The van der Waals surface area contributed by atoms with E-state index in [1.165, 1.54) is 23.3 Å². The van der Waals surface area contributed by atoms with E-state index in [0.29, 0.717) is 0 Å². The molecule has 1 aliphatic rings. The molecule has 1 amide bonds. The fourth-order valence-corrected chi connectivity index (χ4v) is 4.14. The molecule has 0 spiro atoms. The highest BCUT2D eigenvalue weighted by Gasteiger charge is 2.16. The number of rotatable bonds is 6. The molecule has 26 heavy (non-hydrogen) atoms. The van der Waals surface area contributed by atoms with Gasteiger partial charge in [0.2, 0.25) is 15.9 Å². The number of nitrogens with one attached hydrogen (secondary N) is 2. The molecular formula is C19H21FN2O3S. The summed E-state index contributed by atoms with van der Waals surface area (Å²) in [5.41, 5.74) is 3.26. The van der Waals surface area contributed by atoms with Crippen molar-refractivity contribution < 1.29 is 17.6 Å². The Morgan fingerprint density at radius 3 is 2.54 bits per heavy atom. The zero-order valence-corrected chi connectivity index (χ0v) is 15.1. The lowest BCUT2D eigenvalue weighted by atomic mass is 9.90. The minimum Gasteiger partial charge on any atom is -0.326 e. The molecule has 0 bridgehead atoms. The lowest BCUT2D eigenvalue weighted by Crippen LogP contribution is -2.28. The largest absolute Gasteiger partial charge is 0.326 e. The Bertz CT molecular complexity index is 896. The summed E-state index contributed by atoms with van der Waals surface area (Å²) in [6.45, 7) is -0.0272. The number of carbonyl (C=O) groups is 1. The average molecular weight is 376 g/mol. The lowest BCUT2D eigenvalue weighted by Gasteiger charge is -2.19. The monoisotopic (exact) mass is 376 g/mol. The summed E-state index contributed by atoms with van der Waals surface area (Å²) in [5.74, 6) is -0.750. The zero-order chi connectivity index (χ0) is 18.6. The third-order valence-electron chi connectivity index (χ3n) is 4.44. The first-order valence-corrected chi connectivity index (χ1v) is 10.1. The van der Waals surface area contributed by atoms with E-state index in [2.05, 4.69) is 16.1 Å². The summed E-state index contributed by atoms with van der Waals surface area (Å²) in [6.07, 6.45) is 4.26. The van der Waals surface area contributed by atoms with Crippen LogP contribution in [0.25, 0.3) is 0 Å². The normalized spacial score (nSPS) is 13.9. The van der Waals surface area contributed by atoms with Crippen LogP contribution in [0.1, 0.15) is 30.4 Å². The Balaban J connectivity index is 1.56. The number of hydrogen-bond donors (Lipinski definition) is 2. The van der Waals surface area contributed by atoms with Crippen molar-refractivity contribution in [2.45, 2.75) is 37.0 Å². The SMILES string of the molecule is O=C(CCNS(=O)(=O)c1ccc(F)cc1)Nc1cccc2c1CCCC2. The molecule has 0 aliphatic heterocycles. The van der Waals surface area contributed by atoms with Gasteiger partial charge in [-0.1, -0.05) is 12.1 Å². The molecule has 1 aliphatic carbocycles. The number of sulfonamides is 1. The van der Waals surface area contributed by atoms with Crippen molar-refractivity contribution in [2.75, 3.05) is 11.9 Å². The third kappa shape index (κ3) is 4.47. The van der Waals surface area contributed by atoms with Gasteiger partial charge in [0.15, 0.2) is 0 Å². The van der Waals surface area contributed by atoms with Crippen LogP contribution < -0.4 is 10.0 Å². The van der Waals surface area contributed by atoms with Crippen molar-refractivity contribution in [2.24, 2.45) is 0 Å². The van der Waals surface area contributed by atoms with Crippen molar-refractivity contribution in [3.8, 4) is 0 Å². The molecule has 2 N–H and O–H groups in total. The van der Waals surface area contributed by atoms with E-state index in [9.17, 15) is 17.6 Å². The van der Waals surface area contributed by atoms with Gasteiger partial charge >= 0.3 is 0 Å². The van der Waals surface area contributed by atoms with Crippen molar-refractivity contribution in [1.29, 1.82) is 0 Å². The Kier molecular flexibility index (Phi) is 5.68. The maximum absolute atomic E-state index is 12.9. The van der Waals surface area contributed by atoms with Gasteiger partial charge in [-0.3, -0.25) is 4.79 Å². The van der Waals surface area contributed by atoms with E-state index < -0.39 is 15.8 Å². The molecule has 0 saturated carbocycles. The Morgan fingerprint density at radius 1 is 1.04 bits per heavy atom. The van der Waals surface area contributed by atoms with Crippen molar-refractivity contribution in [3.05, 3.63) is 59.4 Å². The van der Waals surface area contributed by atoms with Crippen molar-refractivity contribution in [1.82, 2.24) is 4.72 Å².